The van der Waals surface area contributed by atoms with Crippen LogP contribution in [0.4, 0.5) is 0 Å². The maximum Gasteiger partial charge on any atom is 0.261 e. The Kier molecular flexibility index (Phi) is 7.19. The fourth-order valence-corrected chi connectivity index (χ4v) is 3.71. The van der Waals surface area contributed by atoms with Crippen molar-refractivity contribution in [3.8, 4) is 0 Å². The van der Waals surface area contributed by atoms with Gasteiger partial charge in [-0.15, -0.1) is 11.3 Å². The highest BCUT2D eigenvalue weighted by molar-refractivity contribution is 9.11. The molecule has 0 bridgehead atoms. The molecule has 0 unspecified atom stereocenters. The first kappa shape index (κ1) is 18.9. The Morgan fingerprint density at radius 2 is 1.88 bits per heavy atom. The molecule has 0 aliphatic carbocycles. The molecule has 7 nitrogen and oxygen atoms in total. The van der Waals surface area contributed by atoms with E-state index in [0.717, 1.165) is 3.79 Å². The average Bonchev–Trinajstić information content (AvgIpc) is 3.00. The molecule has 1 aromatic rings. The van der Waals surface area contributed by atoms with E-state index >= 15 is 0 Å². The van der Waals surface area contributed by atoms with Crippen LogP contribution < -0.4 is 10.6 Å². The maximum atomic E-state index is 12.2. The summed E-state index contributed by atoms with van der Waals surface area (Å²) in [5.41, 5.74) is 0. The second-order valence-corrected chi connectivity index (χ2v) is 7.86. The van der Waals surface area contributed by atoms with Gasteiger partial charge in [0, 0.05) is 32.7 Å². The van der Waals surface area contributed by atoms with Crippen LogP contribution >= 0.6 is 27.3 Å². The lowest BCUT2D eigenvalue weighted by Crippen LogP contribution is -2.52. The van der Waals surface area contributed by atoms with Crippen molar-refractivity contribution in [3.05, 3.63) is 20.8 Å². The van der Waals surface area contributed by atoms with Crippen LogP contribution in [0.1, 0.15) is 16.6 Å². The van der Waals surface area contributed by atoms with Crippen LogP contribution in [-0.4, -0.2) is 73.3 Å². The zero-order chi connectivity index (χ0) is 17.5. The molecule has 2 N–H and O–H groups in total. The number of piperazine rings is 1. The van der Waals surface area contributed by atoms with Gasteiger partial charge < -0.3 is 15.5 Å². The number of amides is 3. The highest BCUT2D eigenvalue weighted by Crippen LogP contribution is 2.21. The first-order valence-electron chi connectivity index (χ1n) is 7.80. The number of likely N-dealkylation sites (N-methyl/N-ethyl adjacent to an activating group) is 1. The summed E-state index contributed by atoms with van der Waals surface area (Å²) in [6.07, 6.45) is 0. The minimum Gasteiger partial charge on any atom is -0.355 e. The molecule has 1 saturated heterocycles. The molecule has 1 fully saturated rings. The minimum absolute atomic E-state index is 0.00616. The summed E-state index contributed by atoms with van der Waals surface area (Å²) in [7, 11) is 0. The van der Waals surface area contributed by atoms with Gasteiger partial charge in [0.1, 0.15) is 0 Å². The molecule has 0 atom stereocenters. The van der Waals surface area contributed by atoms with E-state index in [0.29, 0.717) is 44.1 Å². The summed E-state index contributed by atoms with van der Waals surface area (Å²) in [5.74, 6) is -0.336. The van der Waals surface area contributed by atoms with Crippen LogP contribution in [-0.2, 0) is 9.59 Å². The fourth-order valence-electron chi connectivity index (χ4n) is 2.40. The predicted octanol–water partition coefficient (Wildman–Crippen LogP) is 0.521. The van der Waals surface area contributed by atoms with Gasteiger partial charge in [-0.1, -0.05) is 0 Å². The zero-order valence-electron chi connectivity index (χ0n) is 13.5. The van der Waals surface area contributed by atoms with Crippen LogP contribution in [0, 0.1) is 0 Å². The van der Waals surface area contributed by atoms with Crippen LogP contribution in [0.25, 0.3) is 0 Å². The lowest BCUT2D eigenvalue weighted by molar-refractivity contribution is -0.132. The Morgan fingerprint density at radius 1 is 1.17 bits per heavy atom. The smallest absolute Gasteiger partial charge is 0.261 e. The van der Waals surface area contributed by atoms with E-state index in [1.807, 2.05) is 11.8 Å². The van der Waals surface area contributed by atoms with E-state index < -0.39 is 0 Å². The summed E-state index contributed by atoms with van der Waals surface area (Å²) >= 11 is 4.63. The van der Waals surface area contributed by atoms with Gasteiger partial charge in [0.15, 0.2) is 0 Å². The third-order valence-electron chi connectivity index (χ3n) is 3.66. The number of nitrogens with zero attached hydrogens (tertiary/aromatic N) is 2. The van der Waals surface area contributed by atoms with Crippen molar-refractivity contribution in [1.82, 2.24) is 20.4 Å². The number of rotatable bonds is 6. The minimum atomic E-state index is -0.242. The lowest BCUT2D eigenvalue weighted by atomic mass is 10.3. The van der Waals surface area contributed by atoms with Crippen molar-refractivity contribution >= 4 is 45.0 Å². The molecule has 0 saturated carbocycles. The van der Waals surface area contributed by atoms with Crippen molar-refractivity contribution in [2.45, 2.75) is 6.92 Å². The molecule has 1 aromatic heterocycles. The van der Waals surface area contributed by atoms with Crippen molar-refractivity contribution in [3.63, 3.8) is 0 Å². The number of nitrogens with one attached hydrogen (secondary N) is 2. The van der Waals surface area contributed by atoms with Gasteiger partial charge in [-0.2, -0.15) is 0 Å². The molecule has 1 aliphatic heterocycles. The monoisotopic (exact) mass is 416 g/mol. The zero-order valence-corrected chi connectivity index (χ0v) is 15.9. The molecule has 0 spiro atoms. The first-order valence-corrected chi connectivity index (χ1v) is 9.41. The number of thiophene rings is 1. The first-order chi connectivity index (χ1) is 11.5. The fraction of sp³-hybridized carbons (Fsp3) is 0.533. The molecule has 24 heavy (non-hydrogen) atoms. The SMILES string of the molecule is CCNC(=O)CN1CCN(C(=O)CNC(=O)c2ccc(Br)s2)CC1. The van der Waals surface area contributed by atoms with Crippen molar-refractivity contribution in [1.29, 1.82) is 0 Å². The number of hydrogen-bond donors (Lipinski definition) is 2. The Hall–Kier alpha value is -1.45. The van der Waals surface area contributed by atoms with Crippen LogP contribution in [0.3, 0.4) is 0 Å². The van der Waals surface area contributed by atoms with E-state index in [-0.39, 0.29) is 24.3 Å². The lowest BCUT2D eigenvalue weighted by Gasteiger charge is -2.34. The van der Waals surface area contributed by atoms with Crippen molar-refractivity contribution in [2.24, 2.45) is 0 Å². The molecular formula is C15H21BrN4O3S. The molecule has 3 amide bonds. The van der Waals surface area contributed by atoms with E-state index in [4.69, 9.17) is 0 Å². The Bertz CT molecular complexity index is 599. The number of carbonyl (C=O) groups excluding carboxylic acids is 3. The van der Waals surface area contributed by atoms with Gasteiger partial charge in [-0.3, -0.25) is 19.3 Å². The Morgan fingerprint density at radius 3 is 2.46 bits per heavy atom. The second-order valence-electron chi connectivity index (χ2n) is 5.40. The van der Waals surface area contributed by atoms with Gasteiger partial charge in [-0.05, 0) is 35.0 Å². The molecule has 1 aliphatic rings. The van der Waals surface area contributed by atoms with Gasteiger partial charge in [0.05, 0.1) is 21.8 Å². The summed E-state index contributed by atoms with van der Waals surface area (Å²) in [5, 5.41) is 5.42. The standard InChI is InChI=1S/C15H21BrN4O3S/c1-2-17-13(21)10-19-5-7-20(8-6-19)14(22)9-18-15(23)11-3-4-12(16)24-11/h3-4H,2,5-10H2,1H3,(H,17,21)(H,18,23). The van der Waals surface area contributed by atoms with E-state index in [9.17, 15) is 14.4 Å². The second kappa shape index (κ2) is 9.14. The quantitative estimate of drug-likeness (QED) is 0.708. The van der Waals surface area contributed by atoms with Crippen LogP contribution in [0.5, 0.6) is 0 Å². The summed E-state index contributed by atoms with van der Waals surface area (Å²) in [4.78, 5) is 40.0. The van der Waals surface area contributed by atoms with E-state index in [1.165, 1.54) is 11.3 Å². The van der Waals surface area contributed by atoms with Gasteiger partial charge >= 0.3 is 0 Å². The van der Waals surface area contributed by atoms with Crippen molar-refractivity contribution in [2.75, 3.05) is 45.8 Å². The van der Waals surface area contributed by atoms with E-state index in [1.54, 1.807) is 17.0 Å². The largest absolute Gasteiger partial charge is 0.355 e. The molecule has 2 rings (SSSR count). The molecule has 0 radical (unpaired) electrons. The van der Waals surface area contributed by atoms with Crippen LogP contribution in [0.15, 0.2) is 15.9 Å². The van der Waals surface area contributed by atoms with Crippen LogP contribution in [0.2, 0.25) is 0 Å². The predicted molar refractivity (Wildman–Crippen MR) is 96.1 cm³/mol. The number of halogens is 1. The Balaban J connectivity index is 1.71. The van der Waals surface area contributed by atoms with Crippen molar-refractivity contribution < 1.29 is 14.4 Å². The summed E-state index contributed by atoms with van der Waals surface area (Å²) < 4.78 is 0.877. The average molecular weight is 417 g/mol. The molecule has 2 heterocycles. The number of hydrogen-bond acceptors (Lipinski definition) is 5. The summed E-state index contributed by atoms with van der Waals surface area (Å²) in [6.45, 7) is 5.32. The molecule has 9 heteroatoms. The molecule has 0 aromatic carbocycles. The molecular weight excluding hydrogens is 396 g/mol. The molecule has 132 valence electrons. The normalized spacial score (nSPS) is 15.2. The highest BCUT2D eigenvalue weighted by Gasteiger charge is 2.22. The van der Waals surface area contributed by atoms with Gasteiger partial charge in [0.25, 0.3) is 5.91 Å². The highest BCUT2D eigenvalue weighted by atomic mass is 79.9. The third kappa shape index (κ3) is 5.57. The summed E-state index contributed by atoms with van der Waals surface area (Å²) in [6, 6.07) is 3.52. The van der Waals surface area contributed by atoms with E-state index in [2.05, 4.69) is 26.6 Å². The van der Waals surface area contributed by atoms with Gasteiger partial charge in [0.2, 0.25) is 11.8 Å². The third-order valence-corrected chi connectivity index (χ3v) is 5.29. The topological polar surface area (TPSA) is 81.8 Å². The number of carbonyl (C=O) groups is 3. The Labute approximate surface area is 153 Å². The van der Waals surface area contributed by atoms with Gasteiger partial charge in [-0.25, -0.2) is 0 Å². The maximum absolute atomic E-state index is 12.2.